The van der Waals surface area contributed by atoms with Crippen LogP contribution in [-0.4, -0.2) is 21.4 Å². The quantitative estimate of drug-likeness (QED) is 0.696. The van der Waals surface area contributed by atoms with Gasteiger partial charge in [-0.05, 0) is 24.3 Å². The summed E-state index contributed by atoms with van der Waals surface area (Å²) in [5.41, 5.74) is 4.68. The molecule has 0 unspecified atom stereocenters. The number of aromatic nitrogens is 2. The van der Waals surface area contributed by atoms with Crippen molar-refractivity contribution in [3.63, 3.8) is 0 Å². The first-order chi connectivity index (χ1) is 12.1. The smallest absolute Gasteiger partial charge is 0.272 e. The highest BCUT2D eigenvalue weighted by atomic mass is 19.1. The highest BCUT2D eigenvalue weighted by Gasteiger charge is 2.13. The number of hydrogen-bond donors (Lipinski definition) is 2. The molecule has 0 atom stereocenters. The Labute approximate surface area is 141 Å². The Hall–Kier alpha value is -3.55. The fourth-order valence-corrected chi connectivity index (χ4v) is 2.30. The van der Waals surface area contributed by atoms with E-state index < -0.39 is 23.2 Å². The van der Waals surface area contributed by atoms with Gasteiger partial charge in [-0.15, -0.1) is 0 Å². The van der Waals surface area contributed by atoms with Crippen molar-refractivity contribution in [2.75, 3.05) is 0 Å². The molecule has 2 aromatic carbocycles. The predicted octanol–water partition coefficient (Wildman–Crippen LogP) is 0.997. The molecule has 0 spiro atoms. The molecule has 0 aliphatic rings. The molecule has 7 nitrogen and oxygen atoms in total. The molecule has 2 amide bonds. The zero-order valence-electron chi connectivity index (χ0n) is 12.9. The van der Waals surface area contributed by atoms with Crippen LogP contribution in [0.5, 0.6) is 0 Å². The molecule has 0 aliphatic heterocycles. The van der Waals surface area contributed by atoms with Gasteiger partial charge in [-0.1, -0.05) is 24.3 Å². The molecule has 0 bridgehead atoms. The number of amides is 2. The van der Waals surface area contributed by atoms with Gasteiger partial charge in [0.2, 0.25) is 0 Å². The molecule has 3 aromatic rings. The average Bonchev–Trinajstić information content (AvgIpc) is 2.62. The molecule has 2 N–H and O–H groups in total. The first kappa shape index (κ1) is 16.3. The van der Waals surface area contributed by atoms with Gasteiger partial charge in [0.1, 0.15) is 12.4 Å². The van der Waals surface area contributed by atoms with E-state index >= 15 is 0 Å². The third-order valence-corrected chi connectivity index (χ3v) is 3.49. The lowest BCUT2D eigenvalue weighted by molar-refractivity contribution is -0.122. The Bertz CT molecular complexity index is 1020. The Kier molecular flexibility index (Phi) is 4.51. The molecule has 0 radical (unpaired) electrons. The number of hydrogen-bond acceptors (Lipinski definition) is 4. The van der Waals surface area contributed by atoms with Crippen LogP contribution in [0.4, 0.5) is 4.39 Å². The van der Waals surface area contributed by atoms with Gasteiger partial charge in [0, 0.05) is 0 Å². The summed E-state index contributed by atoms with van der Waals surface area (Å²) in [6.45, 7) is -0.320. The number of carbonyl (C=O) groups excluding carboxylic acids is 2. The summed E-state index contributed by atoms with van der Waals surface area (Å²) in [6.07, 6.45) is 1.12. The summed E-state index contributed by atoms with van der Waals surface area (Å²) in [6, 6.07) is 12.2. The second-order valence-corrected chi connectivity index (χ2v) is 5.15. The minimum absolute atomic E-state index is 0.200. The summed E-state index contributed by atoms with van der Waals surface area (Å²) in [7, 11) is 0. The fourth-order valence-electron chi connectivity index (χ4n) is 2.30. The first-order valence-electron chi connectivity index (χ1n) is 7.34. The molecule has 0 fully saturated rings. The van der Waals surface area contributed by atoms with Crippen LogP contribution < -0.4 is 16.4 Å². The summed E-state index contributed by atoms with van der Waals surface area (Å²) < 4.78 is 14.7. The third-order valence-electron chi connectivity index (χ3n) is 3.49. The molecule has 0 saturated carbocycles. The van der Waals surface area contributed by atoms with E-state index in [9.17, 15) is 18.8 Å². The van der Waals surface area contributed by atoms with Crippen molar-refractivity contribution in [1.82, 2.24) is 20.4 Å². The lowest BCUT2D eigenvalue weighted by Crippen LogP contribution is -2.44. The number of fused-ring (bicyclic) bond motifs is 1. The van der Waals surface area contributed by atoms with Gasteiger partial charge in [-0.3, -0.25) is 29.8 Å². The van der Waals surface area contributed by atoms with E-state index in [1.807, 2.05) is 0 Å². The number of rotatable bonds is 3. The van der Waals surface area contributed by atoms with Crippen molar-refractivity contribution >= 4 is 22.8 Å². The maximum atomic E-state index is 13.5. The summed E-state index contributed by atoms with van der Waals surface area (Å²) in [5, 5.41) is 0. The summed E-state index contributed by atoms with van der Waals surface area (Å²) in [4.78, 5) is 39.8. The van der Waals surface area contributed by atoms with E-state index in [4.69, 9.17) is 0 Å². The van der Waals surface area contributed by atoms with Crippen LogP contribution in [0.2, 0.25) is 0 Å². The molecule has 0 saturated heterocycles. The minimum Gasteiger partial charge on any atom is -0.296 e. The van der Waals surface area contributed by atoms with E-state index in [1.165, 1.54) is 22.8 Å². The monoisotopic (exact) mass is 340 g/mol. The van der Waals surface area contributed by atoms with Gasteiger partial charge in [0.15, 0.2) is 0 Å². The number of nitrogens with one attached hydrogen (secondary N) is 2. The van der Waals surface area contributed by atoms with E-state index in [-0.39, 0.29) is 12.1 Å². The first-order valence-corrected chi connectivity index (χ1v) is 7.34. The van der Waals surface area contributed by atoms with Gasteiger partial charge >= 0.3 is 0 Å². The van der Waals surface area contributed by atoms with E-state index in [0.717, 1.165) is 12.3 Å². The van der Waals surface area contributed by atoms with Crippen molar-refractivity contribution < 1.29 is 14.0 Å². The van der Waals surface area contributed by atoms with Gasteiger partial charge in [-0.25, -0.2) is 9.37 Å². The second-order valence-electron chi connectivity index (χ2n) is 5.15. The maximum absolute atomic E-state index is 13.5. The summed E-state index contributed by atoms with van der Waals surface area (Å²) in [5.74, 6) is -2.13. The molecular weight excluding hydrogens is 327 g/mol. The topological polar surface area (TPSA) is 93.1 Å². The van der Waals surface area contributed by atoms with Crippen molar-refractivity contribution in [2.24, 2.45) is 0 Å². The highest BCUT2D eigenvalue weighted by Crippen LogP contribution is 2.08. The minimum atomic E-state index is -0.793. The maximum Gasteiger partial charge on any atom is 0.272 e. The van der Waals surface area contributed by atoms with Crippen LogP contribution in [0, 0.1) is 5.82 Å². The van der Waals surface area contributed by atoms with Crippen molar-refractivity contribution in [3.8, 4) is 0 Å². The van der Waals surface area contributed by atoms with Crippen molar-refractivity contribution in [2.45, 2.75) is 6.54 Å². The molecule has 25 heavy (non-hydrogen) atoms. The number of carbonyl (C=O) groups is 2. The van der Waals surface area contributed by atoms with Crippen LogP contribution in [0.25, 0.3) is 11.0 Å². The zero-order chi connectivity index (χ0) is 17.8. The highest BCUT2D eigenvalue weighted by molar-refractivity contribution is 5.95. The SMILES string of the molecule is O=C(Cn1c(=O)cnc2ccccc21)NNC(=O)c1ccccc1F. The van der Waals surface area contributed by atoms with Gasteiger partial charge < -0.3 is 0 Å². The van der Waals surface area contributed by atoms with Gasteiger partial charge in [0.05, 0.1) is 22.8 Å². The molecule has 1 heterocycles. The van der Waals surface area contributed by atoms with Crippen LogP contribution in [0.1, 0.15) is 10.4 Å². The number of nitrogens with zero attached hydrogens (tertiary/aromatic N) is 2. The van der Waals surface area contributed by atoms with Gasteiger partial charge in [-0.2, -0.15) is 0 Å². The van der Waals surface area contributed by atoms with Crippen molar-refractivity contribution in [3.05, 3.63) is 76.5 Å². The van der Waals surface area contributed by atoms with E-state index in [2.05, 4.69) is 15.8 Å². The largest absolute Gasteiger partial charge is 0.296 e. The number of para-hydroxylation sites is 2. The van der Waals surface area contributed by atoms with E-state index in [1.54, 1.807) is 24.3 Å². The van der Waals surface area contributed by atoms with Crippen LogP contribution in [0.15, 0.2) is 59.5 Å². The standard InChI is InChI=1S/C17H13FN4O3/c18-12-6-2-1-5-11(12)17(25)21-20-15(23)10-22-14-8-4-3-7-13(14)19-9-16(22)24/h1-9H,10H2,(H,20,23)(H,21,25). The average molecular weight is 340 g/mol. The van der Waals surface area contributed by atoms with E-state index in [0.29, 0.717) is 11.0 Å². The Morgan fingerprint density at radius 3 is 2.56 bits per heavy atom. The number of benzene rings is 2. The second kappa shape index (κ2) is 6.91. The predicted molar refractivity (Wildman–Crippen MR) is 88.0 cm³/mol. The Morgan fingerprint density at radius 1 is 1.04 bits per heavy atom. The molecule has 1 aromatic heterocycles. The lowest BCUT2D eigenvalue weighted by atomic mass is 10.2. The molecule has 126 valence electrons. The Morgan fingerprint density at radius 2 is 1.76 bits per heavy atom. The zero-order valence-corrected chi connectivity index (χ0v) is 12.9. The lowest BCUT2D eigenvalue weighted by Gasteiger charge is -2.11. The fraction of sp³-hybridized carbons (Fsp3) is 0.0588. The molecule has 3 rings (SSSR count). The molecular formula is C17H13FN4O3. The third kappa shape index (κ3) is 3.52. The van der Waals surface area contributed by atoms with Crippen molar-refractivity contribution in [1.29, 1.82) is 0 Å². The normalized spacial score (nSPS) is 10.4. The van der Waals surface area contributed by atoms with Crippen LogP contribution >= 0.6 is 0 Å². The Balaban J connectivity index is 1.72. The number of hydrazine groups is 1. The number of halogens is 1. The molecule has 8 heteroatoms. The van der Waals surface area contributed by atoms with Crippen LogP contribution in [0.3, 0.4) is 0 Å². The summed E-state index contributed by atoms with van der Waals surface area (Å²) >= 11 is 0. The van der Waals surface area contributed by atoms with Crippen LogP contribution in [-0.2, 0) is 11.3 Å². The van der Waals surface area contributed by atoms with Gasteiger partial charge in [0.25, 0.3) is 17.4 Å². The molecule has 0 aliphatic carbocycles.